The van der Waals surface area contributed by atoms with E-state index in [0.29, 0.717) is 17.8 Å². The molecule has 1 aromatic carbocycles. The maximum Gasteiger partial charge on any atom is 0.334 e. The first-order valence-corrected chi connectivity index (χ1v) is 7.31. The Balaban J connectivity index is 1.83. The number of nitrogens with zero attached hydrogens (tertiary/aromatic N) is 3. The number of amides is 1. The van der Waals surface area contributed by atoms with Gasteiger partial charge in [-0.15, -0.1) is 0 Å². The van der Waals surface area contributed by atoms with Crippen LogP contribution in [0.5, 0.6) is 0 Å². The molecule has 0 aliphatic carbocycles. The van der Waals surface area contributed by atoms with Crippen LogP contribution in [0.1, 0.15) is 16.1 Å². The fourth-order valence-electron chi connectivity index (χ4n) is 2.54. The molecule has 1 aliphatic rings. The van der Waals surface area contributed by atoms with Crippen LogP contribution < -0.4 is 0 Å². The van der Waals surface area contributed by atoms with Gasteiger partial charge in [-0.1, -0.05) is 18.2 Å². The molecule has 3 rings (SSSR count). The van der Waals surface area contributed by atoms with Crippen molar-refractivity contribution in [1.29, 1.82) is 0 Å². The van der Waals surface area contributed by atoms with Crippen LogP contribution in [0.25, 0.3) is 5.69 Å². The van der Waals surface area contributed by atoms with Gasteiger partial charge in [-0.2, -0.15) is 5.10 Å². The number of hydrogen-bond donors (Lipinski definition) is 1. The van der Waals surface area contributed by atoms with Crippen LogP contribution in [-0.4, -0.2) is 57.5 Å². The summed E-state index contributed by atoms with van der Waals surface area (Å²) < 4.78 is 6.80. The van der Waals surface area contributed by atoms with Gasteiger partial charge < -0.3 is 14.7 Å². The average Bonchev–Trinajstić information content (AvgIpc) is 2.97. The summed E-state index contributed by atoms with van der Waals surface area (Å²) in [6.07, 6.45) is 0.704. The monoisotopic (exact) mass is 315 g/mol. The highest BCUT2D eigenvalue weighted by Gasteiger charge is 2.30. The van der Waals surface area contributed by atoms with E-state index < -0.39 is 12.1 Å². The molecule has 2 aromatic rings. The molecule has 0 spiro atoms. The Kier molecular flexibility index (Phi) is 4.12. The molecule has 1 saturated heterocycles. The number of aromatic nitrogens is 2. The number of rotatable bonds is 3. The normalized spacial score (nSPS) is 18.0. The van der Waals surface area contributed by atoms with Gasteiger partial charge in [0.15, 0.2) is 6.10 Å². The van der Waals surface area contributed by atoms with Crippen molar-refractivity contribution in [1.82, 2.24) is 14.7 Å². The third-order valence-electron chi connectivity index (χ3n) is 3.78. The summed E-state index contributed by atoms with van der Waals surface area (Å²) in [5, 5.41) is 13.4. The molecule has 1 aromatic heterocycles. The van der Waals surface area contributed by atoms with Crippen LogP contribution in [-0.2, 0) is 9.53 Å². The third kappa shape index (κ3) is 3.09. The first kappa shape index (κ1) is 15.2. The first-order chi connectivity index (χ1) is 11.1. The summed E-state index contributed by atoms with van der Waals surface area (Å²) >= 11 is 0. The van der Waals surface area contributed by atoms with E-state index in [1.54, 1.807) is 17.8 Å². The van der Waals surface area contributed by atoms with Crippen LogP contribution in [0.4, 0.5) is 0 Å². The Bertz CT molecular complexity index is 726. The molecule has 1 fully saturated rings. The minimum Gasteiger partial charge on any atom is -0.479 e. The predicted molar refractivity (Wildman–Crippen MR) is 81.6 cm³/mol. The lowest BCUT2D eigenvalue weighted by Gasteiger charge is -2.30. The maximum absolute atomic E-state index is 12.7. The molecule has 2 heterocycles. The lowest BCUT2D eigenvalue weighted by molar-refractivity contribution is -0.154. The van der Waals surface area contributed by atoms with E-state index >= 15 is 0 Å². The largest absolute Gasteiger partial charge is 0.479 e. The van der Waals surface area contributed by atoms with Crippen molar-refractivity contribution < 1.29 is 19.4 Å². The van der Waals surface area contributed by atoms with E-state index in [4.69, 9.17) is 9.84 Å². The van der Waals surface area contributed by atoms with E-state index in [1.165, 1.54) is 4.90 Å². The molecule has 120 valence electrons. The standard InChI is InChI=1S/C16H17N3O4/c1-11-13(9-19(17-11)12-5-3-2-4-6-12)15(20)18-7-8-23-14(10-18)16(21)22/h2-6,9,14H,7-8,10H2,1H3,(H,21,22)/t14-/m1/s1. The number of para-hydroxylation sites is 1. The second kappa shape index (κ2) is 6.21. The van der Waals surface area contributed by atoms with Crippen LogP contribution in [0.2, 0.25) is 0 Å². The summed E-state index contributed by atoms with van der Waals surface area (Å²) in [5.74, 6) is -1.28. The highest BCUT2D eigenvalue weighted by molar-refractivity contribution is 5.95. The Hall–Kier alpha value is -2.67. The number of aliphatic carboxylic acids is 1. The second-order valence-electron chi connectivity index (χ2n) is 5.36. The zero-order valence-corrected chi connectivity index (χ0v) is 12.7. The van der Waals surface area contributed by atoms with Gasteiger partial charge in [-0.3, -0.25) is 4.79 Å². The number of carbonyl (C=O) groups excluding carboxylic acids is 1. The van der Waals surface area contributed by atoms with Gasteiger partial charge in [0.1, 0.15) is 0 Å². The smallest absolute Gasteiger partial charge is 0.334 e. The van der Waals surface area contributed by atoms with Crippen LogP contribution in [0, 0.1) is 6.92 Å². The van der Waals surface area contributed by atoms with Gasteiger partial charge in [-0.05, 0) is 19.1 Å². The number of carbonyl (C=O) groups is 2. The molecule has 1 amide bonds. The Morgan fingerprint density at radius 3 is 2.74 bits per heavy atom. The maximum atomic E-state index is 12.7. The van der Waals surface area contributed by atoms with Gasteiger partial charge in [0.05, 0.1) is 30.1 Å². The van der Waals surface area contributed by atoms with Crippen LogP contribution in [0.15, 0.2) is 36.5 Å². The minimum absolute atomic E-state index is 0.0458. The number of aryl methyl sites for hydroxylation is 1. The van der Waals surface area contributed by atoms with Crippen molar-refractivity contribution >= 4 is 11.9 Å². The van der Waals surface area contributed by atoms with Crippen LogP contribution >= 0.6 is 0 Å². The topological polar surface area (TPSA) is 84.7 Å². The van der Waals surface area contributed by atoms with Crippen LogP contribution in [0.3, 0.4) is 0 Å². The number of ether oxygens (including phenoxy) is 1. The van der Waals surface area contributed by atoms with E-state index in [-0.39, 0.29) is 19.1 Å². The molecule has 1 aliphatic heterocycles. The van der Waals surface area contributed by atoms with Crippen molar-refractivity contribution in [2.24, 2.45) is 0 Å². The summed E-state index contributed by atoms with van der Waals surface area (Å²) in [6, 6.07) is 9.50. The number of benzene rings is 1. The van der Waals surface area contributed by atoms with Gasteiger partial charge in [0.25, 0.3) is 5.91 Å². The first-order valence-electron chi connectivity index (χ1n) is 7.31. The summed E-state index contributed by atoms with van der Waals surface area (Å²) in [6.45, 7) is 2.40. The second-order valence-corrected chi connectivity index (χ2v) is 5.36. The third-order valence-corrected chi connectivity index (χ3v) is 3.78. The molecule has 1 atom stereocenters. The van der Waals surface area contributed by atoms with E-state index in [0.717, 1.165) is 5.69 Å². The lowest BCUT2D eigenvalue weighted by atomic mass is 10.2. The van der Waals surface area contributed by atoms with E-state index in [9.17, 15) is 9.59 Å². The fraction of sp³-hybridized carbons (Fsp3) is 0.312. The van der Waals surface area contributed by atoms with Crippen molar-refractivity contribution in [2.75, 3.05) is 19.7 Å². The molecule has 0 bridgehead atoms. The number of hydrogen-bond acceptors (Lipinski definition) is 4. The van der Waals surface area contributed by atoms with E-state index in [1.807, 2.05) is 30.3 Å². The Morgan fingerprint density at radius 2 is 2.04 bits per heavy atom. The van der Waals surface area contributed by atoms with Gasteiger partial charge in [0, 0.05) is 12.7 Å². The summed E-state index contributed by atoms with van der Waals surface area (Å²) in [4.78, 5) is 25.2. The van der Waals surface area contributed by atoms with Crippen molar-refractivity contribution in [3.8, 4) is 5.69 Å². The molecular weight excluding hydrogens is 298 g/mol. The summed E-state index contributed by atoms with van der Waals surface area (Å²) in [7, 11) is 0. The molecule has 7 heteroatoms. The van der Waals surface area contributed by atoms with Crippen molar-refractivity contribution in [3.05, 3.63) is 47.8 Å². The molecule has 0 unspecified atom stereocenters. The Labute approximate surface area is 133 Å². The van der Waals surface area contributed by atoms with Crippen molar-refractivity contribution in [2.45, 2.75) is 13.0 Å². The molecule has 0 saturated carbocycles. The fourth-order valence-corrected chi connectivity index (χ4v) is 2.54. The SMILES string of the molecule is Cc1nn(-c2ccccc2)cc1C(=O)N1CCO[C@@H](C(=O)O)C1. The molecular formula is C16H17N3O4. The number of carboxylic acid groups (broad SMARTS) is 1. The van der Waals surface area contributed by atoms with Gasteiger partial charge >= 0.3 is 5.97 Å². The zero-order valence-electron chi connectivity index (χ0n) is 12.7. The zero-order chi connectivity index (χ0) is 16.4. The average molecular weight is 315 g/mol. The minimum atomic E-state index is -1.06. The van der Waals surface area contributed by atoms with Gasteiger partial charge in [0.2, 0.25) is 0 Å². The highest BCUT2D eigenvalue weighted by Crippen LogP contribution is 2.16. The molecule has 1 N–H and O–H groups in total. The molecule has 23 heavy (non-hydrogen) atoms. The number of carboxylic acids is 1. The Morgan fingerprint density at radius 1 is 1.30 bits per heavy atom. The molecule has 0 radical (unpaired) electrons. The lowest BCUT2D eigenvalue weighted by Crippen LogP contribution is -2.48. The molecule has 7 nitrogen and oxygen atoms in total. The predicted octanol–water partition coefficient (Wildman–Crippen LogP) is 1.11. The van der Waals surface area contributed by atoms with E-state index in [2.05, 4.69) is 5.10 Å². The van der Waals surface area contributed by atoms with Gasteiger partial charge in [-0.25, -0.2) is 9.48 Å². The summed E-state index contributed by atoms with van der Waals surface area (Å²) in [5.41, 5.74) is 1.94. The highest BCUT2D eigenvalue weighted by atomic mass is 16.5. The quantitative estimate of drug-likeness (QED) is 0.917. The number of morpholine rings is 1. The van der Waals surface area contributed by atoms with Crippen molar-refractivity contribution in [3.63, 3.8) is 0 Å².